The van der Waals surface area contributed by atoms with Gasteiger partial charge in [-0.15, -0.1) is 0 Å². The van der Waals surface area contributed by atoms with E-state index in [0.29, 0.717) is 23.7 Å². The molecule has 2 saturated heterocycles. The molecular formula is C26H31N7O2. The molecule has 9 heteroatoms. The number of hydrogen-bond acceptors (Lipinski definition) is 7. The van der Waals surface area contributed by atoms with Gasteiger partial charge in [0.05, 0.1) is 54.4 Å². The number of pyridine rings is 2. The minimum Gasteiger partial charge on any atom is -0.378 e. The number of rotatable bonds is 6. The van der Waals surface area contributed by atoms with E-state index in [9.17, 15) is 4.79 Å². The van der Waals surface area contributed by atoms with Crippen LogP contribution in [-0.4, -0.2) is 75.5 Å². The molecule has 1 saturated carbocycles. The average molecular weight is 474 g/mol. The number of carbonyl (C=O) groups excluding carboxylic acids is 1. The van der Waals surface area contributed by atoms with Crippen LogP contribution in [0.3, 0.4) is 0 Å². The van der Waals surface area contributed by atoms with Crippen molar-refractivity contribution in [3.63, 3.8) is 0 Å². The second kappa shape index (κ2) is 9.05. The quantitative estimate of drug-likeness (QED) is 0.589. The van der Waals surface area contributed by atoms with Crippen LogP contribution in [0.4, 0.5) is 11.4 Å². The van der Waals surface area contributed by atoms with Gasteiger partial charge in [-0.2, -0.15) is 5.10 Å². The second-order valence-corrected chi connectivity index (χ2v) is 9.89. The molecule has 3 fully saturated rings. The van der Waals surface area contributed by atoms with E-state index >= 15 is 0 Å². The molecule has 0 unspecified atom stereocenters. The number of aromatic nitrogens is 4. The minimum absolute atomic E-state index is 0.222. The summed E-state index contributed by atoms with van der Waals surface area (Å²) in [4.78, 5) is 27.6. The predicted molar refractivity (Wildman–Crippen MR) is 134 cm³/mol. The highest BCUT2D eigenvalue weighted by Crippen LogP contribution is 2.43. The zero-order chi connectivity index (χ0) is 23.9. The van der Waals surface area contributed by atoms with Crippen molar-refractivity contribution in [3.05, 3.63) is 54.2 Å². The Kier molecular flexibility index (Phi) is 5.74. The fourth-order valence-electron chi connectivity index (χ4n) is 5.04. The second-order valence-electron chi connectivity index (χ2n) is 9.89. The molecule has 1 amide bonds. The third kappa shape index (κ3) is 4.53. The van der Waals surface area contributed by atoms with Gasteiger partial charge in [0.2, 0.25) is 0 Å². The topological polar surface area (TPSA) is 88.4 Å². The molecular weight excluding hydrogens is 442 g/mol. The van der Waals surface area contributed by atoms with Crippen LogP contribution in [-0.2, 0) is 11.8 Å². The molecule has 6 rings (SSSR count). The lowest BCUT2D eigenvalue weighted by Crippen LogP contribution is -2.60. The summed E-state index contributed by atoms with van der Waals surface area (Å²) < 4.78 is 7.12. The molecule has 1 atom stereocenters. The lowest BCUT2D eigenvalue weighted by Gasteiger charge is -2.47. The lowest BCUT2D eigenvalue weighted by atomic mass is 10.1. The van der Waals surface area contributed by atoms with Crippen LogP contribution in [0.25, 0.3) is 11.3 Å². The van der Waals surface area contributed by atoms with E-state index in [1.807, 2.05) is 31.6 Å². The molecule has 0 spiro atoms. The first-order chi connectivity index (χ1) is 17.0. The van der Waals surface area contributed by atoms with E-state index in [4.69, 9.17) is 9.72 Å². The Morgan fingerprint density at radius 3 is 2.71 bits per heavy atom. The molecule has 182 valence electrons. The maximum atomic E-state index is 13.2. The Morgan fingerprint density at radius 1 is 1.17 bits per heavy atom. The van der Waals surface area contributed by atoms with Gasteiger partial charge >= 0.3 is 0 Å². The Bertz CT molecular complexity index is 1230. The van der Waals surface area contributed by atoms with Crippen LogP contribution in [0.5, 0.6) is 0 Å². The Labute approximate surface area is 205 Å². The Morgan fingerprint density at radius 2 is 2.03 bits per heavy atom. The third-order valence-electron chi connectivity index (χ3n) is 7.23. The van der Waals surface area contributed by atoms with Crippen molar-refractivity contribution in [3.8, 4) is 11.3 Å². The Balaban J connectivity index is 1.22. The van der Waals surface area contributed by atoms with Crippen molar-refractivity contribution in [1.82, 2.24) is 24.6 Å². The van der Waals surface area contributed by atoms with Crippen molar-refractivity contribution in [2.45, 2.75) is 37.8 Å². The fraction of sp³-hybridized carbons (Fsp3) is 0.462. The van der Waals surface area contributed by atoms with Crippen molar-refractivity contribution < 1.29 is 9.53 Å². The van der Waals surface area contributed by atoms with Gasteiger partial charge in [0, 0.05) is 50.4 Å². The highest BCUT2D eigenvalue weighted by molar-refractivity contribution is 6.03. The highest BCUT2D eigenvalue weighted by atomic mass is 16.5. The number of ether oxygens (including phenoxy) is 1. The predicted octanol–water partition coefficient (Wildman–Crippen LogP) is 2.92. The summed E-state index contributed by atoms with van der Waals surface area (Å²) in [5.41, 5.74) is 4.81. The van der Waals surface area contributed by atoms with E-state index in [0.717, 1.165) is 74.0 Å². The zero-order valence-corrected chi connectivity index (χ0v) is 20.2. The summed E-state index contributed by atoms with van der Waals surface area (Å²) >= 11 is 0. The van der Waals surface area contributed by atoms with E-state index < -0.39 is 0 Å². The number of hydrogen-bond donors (Lipinski definition) is 1. The lowest BCUT2D eigenvalue weighted by molar-refractivity contribution is -0.0792. The summed E-state index contributed by atoms with van der Waals surface area (Å²) in [5, 5.41) is 7.34. The molecule has 0 aromatic carbocycles. The maximum Gasteiger partial charge on any atom is 0.274 e. The molecule has 9 nitrogen and oxygen atoms in total. The van der Waals surface area contributed by atoms with Crippen molar-refractivity contribution in [2.75, 3.05) is 43.1 Å². The standard InChI is InChI=1S/C26H31N7O2/c1-17-13-32(8-9-33(17)21-15-35-16-21)20-10-24(25(27-12-20)18-6-7-18)30-26(34)23-5-3-4-22(29-23)19-11-28-31(2)14-19/h3-5,10-12,14,17-18,21H,6-9,13,15-16H2,1-2H3,(H,30,34)/t17-/m0/s1. The molecule has 1 N–H and O–H groups in total. The van der Waals surface area contributed by atoms with Crippen LogP contribution in [0.2, 0.25) is 0 Å². The summed E-state index contributed by atoms with van der Waals surface area (Å²) in [6.07, 6.45) is 7.84. The first-order valence-corrected chi connectivity index (χ1v) is 12.4. The van der Waals surface area contributed by atoms with Crippen LogP contribution >= 0.6 is 0 Å². The van der Waals surface area contributed by atoms with Crippen molar-refractivity contribution in [1.29, 1.82) is 0 Å². The molecule has 3 aromatic rings. The fourth-order valence-corrected chi connectivity index (χ4v) is 5.04. The normalized spacial score (nSPS) is 21.1. The van der Waals surface area contributed by atoms with E-state index in [1.165, 1.54) is 0 Å². The van der Waals surface area contributed by atoms with E-state index in [-0.39, 0.29) is 5.91 Å². The molecule has 3 aliphatic rings. The number of nitrogens with zero attached hydrogens (tertiary/aromatic N) is 6. The highest BCUT2D eigenvalue weighted by Gasteiger charge is 2.34. The van der Waals surface area contributed by atoms with Gasteiger partial charge in [-0.05, 0) is 38.0 Å². The molecule has 3 aromatic heterocycles. The van der Waals surface area contributed by atoms with Crippen LogP contribution in [0.1, 0.15) is 41.9 Å². The van der Waals surface area contributed by atoms with Gasteiger partial charge in [0.25, 0.3) is 5.91 Å². The molecule has 0 radical (unpaired) electrons. The third-order valence-corrected chi connectivity index (χ3v) is 7.23. The van der Waals surface area contributed by atoms with Gasteiger partial charge < -0.3 is 15.0 Å². The monoisotopic (exact) mass is 473 g/mol. The summed E-state index contributed by atoms with van der Waals surface area (Å²) in [6.45, 7) is 6.84. The van der Waals surface area contributed by atoms with Gasteiger partial charge in [0.1, 0.15) is 5.69 Å². The van der Waals surface area contributed by atoms with Crippen molar-refractivity contribution >= 4 is 17.3 Å². The SMILES string of the molecule is C[C@H]1CN(c2cnc(C3CC3)c(NC(=O)c3cccc(-c4cnn(C)c4)n3)c2)CCN1C1COC1. The molecule has 2 aliphatic heterocycles. The van der Waals surface area contributed by atoms with Gasteiger partial charge in [-0.1, -0.05) is 6.07 Å². The molecule has 5 heterocycles. The number of amides is 1. The van der Waals surface area contributed by atoms with Gasteiger partial charge in [-0.25, -0.2) is 4.98 Å². The van der Waals surface area contributed by atoms with E-state index in [2.05, 4.69) is 38.2 Å². The summed E-state index contributed by atoms with van der Waals surface area (Å²) in [7, 11) is 1.86. The summed E-state index contributed by atoms with van der Waals surface area (Å²) in [5.74, 6) is 0.197. The molecule has 1 aliphatic carbocycles. The van der Waals surface area contributed by atoms with E-state index in [1.54, 1.807) is 16.9 Å². The number of piperazine rings is 1. The van der Waals surface area contributed by atoms with Crippen LogP contribution in [0.15, 0.2) is 42.9 Å². The molecule has 0 bridgehead atoms. The van der Waals surface area contributed by atoms with Crippen LogP contribution < -0.4 is 10.2 Å². The number of nitrogens with one attached hydrogen (secondary N) is 1. The summed E-state index contributed by atoms with van der Waals surface area (Å²) in [6, 6.07) is 8.58. The number of anilines is 2. The average Bonchev–Trinajstić information content (AvgIpc) is 3.58. The smallest absolute Gasteiger partial charge is 0.274 e. The van der Waals surface area contributed by atoms with Crippen LogP contribution in [0, 0.1) is 0 Å². The first kappa shape index (κ1) is 22.2. The van der Waals surface area contributed by atoms with Crippen molar-refractivity contribution in [2.24, 2.45) is 7.05 Å². The maximum absolute atomic E-state index is 13.2. The zero-order valence-electron chi connectivity index (χ0n) is 20.2. The first-order valence-electron chi connectivity index (χ1n) is 12.4. The largest absolute Gasteiger partial charge is 0.378 e. The van der Waals surface area contributed by atoms with Gasteiger partial charge in [-0.3, -0.25) is 19.4 Å². The number of carbonyl (C=O) groups is 1. The minimum atomic E-state index is -0.222. The molecule has 35 heavy (non-hydrogen) atoms. The Hall–Kier alpha value is -3.30. The van der Waals surface area contributed by atoms with Gasteiger partial charge in [0.15, 0.2) is 0 Å². The number of aryl methyl sites for hydroxylation is 1.